The number of aryl methyl sites for hydroxylation is 1. The summed E-state index contributed by atoms with van der Waals surface area (Å²) in [6.07, 6.45) is 2.81. The molecule has 2 aromatic rings. The van der Waals surface area contributed by atoms with Crippen LogP contribution in [0.1, 0.15) is 42.5 Å². The zero-order valence-corrected chi connectivity index (χ0v) is 12.3. The summed E-state index contributed by atoms with van der Waals surface area (Å²) in [6.45, 7) is 7.14. The molecule has 0 bridgehead atoms. The van der Waals surface area contributed by atoms with Gasteiger partial charge in [0.1, 0.15) is 12.2 Å². The van der Waals surface area contributed by atoms with Crippen molar-refractivity contribution in [3.05, 3.63) is 47.5 Å². The van der Waals surface area contributed by atoms with Crippen LogP contribution in [0.25, 0.3) is 0 Å². The lowest BCUT2D eigenvalue weighted by molar-refractivity contribution is 0.0989. The van der Waals surface area contributed by atoms with Crippen molar-refractivity contribution < 1.29 is 4.79 Å². The second-order valence-corrected chi connectivity index (χ2v) is 5.40. The molecule has 1 aromatic carbocycles. The summed E-state index contributed by atoms with van der Waals surface area (Å²) >= 11 is 0. The largest absolute Gasteiger partial charge is 0.294 e. The third-order valence-electron chi connectivity index (χ3n) is 3.24. The summed E-state index contributed by atoms with van der Waals surface area (Å²) in [7, 11) is 0. The SMILES string of the molecule is CCc1ccc(C(=O)Cc2ncnn2CC(C)C)cc1. The fourth-order valence-electron chi connectivity index (χ4n) is 2.10. The molecule has 106 valence electrons. The maximum atomic E-state index is 12.3. The Balaban J connectivity index is 2.09. The van der Waals surface area contributed by atoms with Crippen LogP contribution in [0.4, 0.5) is 0 Å². The third-order valence-corrected chi connectivity index (χ3v) is 3.24. The van der Waals surface area contributed by atoms with Gasteiger partial charge in [-0.25, -0.2) is 9.67 Å². The molecule has 0 aliphatic carbocycles. The topological polar surface area (TPSA) is 47.8 Å². The Morgan fingerprint density at radius 1 is 1.25 bits per heavy atom. The van der Waals surface area contributed by atoms with Gasteiger partial charge in [0.05, 0.1) is 6.42 Å². The smallest absolute Gasteiger partial charge is 0.170 e. The molecule has 2 rings (SSSR count). The average Bonchev–Trinajstić information content (AvgIpc) is 2.85. The van der Waals surface area contributed by atoms with Gasteiger partial charge in [0.15, 0.2) is 5.78 Å². The monoisotopic (exact) mass is 271 g/mol. The molecule has 0 N–H and O–H groups in total. The standard InChI is InChI=1S/C16H21N3O/c1-4-13-5-7-14(8-6-13)15(20)9-16-17-11-18-19(16)10-12(2)3/h5-8,11-12H,4,9-10H2,1-3H3. The number of carbonyl (C=O) groups excluding carboxylic acids is 1. The van der Waals surface area contributed by atoms with Crippen molar-refractivity contribution in [3.8, 4) is 0 Å². The fraction of sp³-hybridized carbons (Fsp3) is 0.438. The molecule has 1 aromatic heterocycles. The maximum absolute atomic E-state index is 12.3. The first-order chi connectivity index (χ1) is 9.60. The summed E-state index contributed by atoms with van der Waals surface area (Å²) in [5.74, 6) is 1.31. The van der Waals surface area contributed by atoms with Crippen molar-refractivity contribution in [1.82, 2.24) is 14.8 Å². The van der Waals surface area contributed by atoms with Gasteiger partial charge in [-0.3, -0.25) is 4.79 Å². The Morgan fingerprint density at radius 2 is 1.95 bits per heavy atom. The van der Waals surface area contributed by atoms with Crippen molar-refractivity contribution in [2.45, 2.75) is 40.2 Å². The first-order valence-electron chi connectivity index (χ1n) is 7.09. The van der Waals surface area contributed by atoms with Crippen molar-refractivity contribution in [3.63, 3.8) is 0 Å². The van der Waals surface area contributed by atoms with E-state index >= 15 is 0 Å². The van der Waals surface area contributed by atoms with Crippen molar-refractivity contribution in [2.75, 3.05) is 0 Å². The number of rotatable bonds is 6. The van der Waals surface area contributed by atoms with Gasteiger partial charge in [-0.2, -0.15) is 5.10 Å². The minimum Gasteiger partial charge on any atom is -0.294 e. The first kappa shape index (κ1) is 14.4. The van der Waals surface area contributed by atoms with Gasteiger partial charge in [0, 0.05) is 12.1 Å². The Labute approximate surface area is 119 Å². The molecule has 0 spiro atoms. The van der Waals surface area contributed by atoms with Gasteiger partial charge in [-0.1, -0.05) is 45.0 Å². The van der Waals surface area contributed by atoms with Crippen molar-refractivity contribution in [2.24, 2.45) is 5.92 Å². The highest BCUT2D eigenvalue weighted by atomic mass is 16.1. The highest BCUT2D eigenvalue weighted by Crippen LogP contribution is 2.09. The van der Waals surface area contributed by atoms with Crippen LogP contribution >= 0.6 is 0 Å². The molecule has 4 heteroatoms. The Kier molecular flexibility index (Phi) is 4.66. The van der Waals surface area contributed by atoms with Crippen LogP contribution in [0.2, 0.25) is 0 Å². The van der Waals surface area contributed by atoms with E-state index in [2.05, 4.69) is 30.9 Å². The molecule has 0 radical (unpaired) electrons. The first-order valence-corrected chi connectivity index (χ1v) is 7.09. The summed E-state index contributed by atoms with van der Waals surface area (Å²) < 4.78 is 1.82. The number of aromatic nitrogens is 3. The maximum Gasteiger partial charge on any atom is 0.170 e. The summed E-state index contributed by atoms with van der Waals surface area (Å²) in [4.78, 5) is 16.5. The van der Waals surface area contributed by atoms with Crippen LogP contribution < -0.4 is 0 Å². The molecule has 0 atom stereocenters. The summed E-state index contributed by atoms with van der Waals surface area (Å²) in [6, 6.07) is 7.80. The highest BCUT2D eigenvalue weighted by molar-refractivity contribution is 5.97. The van der Waals surface area contributed by atoms with Crippen LogP contribution in [0.3, 0.4) is 0 Å². The van der Waals surface area contributed by atoms with Crippen LogP contribution in [-0.4, -0.2) is 20.5 Å². The lowest BCUT2D eigenvalue weighted by atomic mass is 10.0. The van der Waals surface area contributed by atoms with E-state index in [4.69, 9.17) is 0 Å². The number of carbonyl (C=O) groups is 1. The normalized spacial score (nSPS) is 11.0. The molecule has 1 heterocycles. The number of ketones is 1. The van der Waals surface area contributed by atoms with E-state index in [1.165, 1.54) is 11.9 Å². The highest BCUT2D eigenvalue weighted by Gasteiger charge is 2.12. The number of hydrogen-bond donors (Lipinski definition) is 0. The quantitative estimate of drug-likeness (QED) is 0.759. The van der Waals surface area contributed by atoms with E-state index in [9.17, 15) is 4.79 Å². The lowest BCUT2D eigenvalue weighted by Gasteiger charge is -2.08. The van der Waals surface area contributed by atoms with Gasteiger partial charge in [-0.05, 0) is 17.9 Å². The van der Waals surface area contributed by atoms with Gasteiger partial charge < -0.3 is 0 Å². The second-order valence-electron chi connectivity index (χ2n) is 5.40. The zero-order chi connectivity index (χ0) is 14.5. The molecular formula is C16H21N3O. The number of benzene rings is 1. The minimum atomic E-state index is 0.0886. The predicted molar refractivity (Wildman–Crippen MR) is 78.7 cm³/mol. The number of nitrogens with zero attached hydrogens (tertiary/aromatic N) is 3. The molecule has 0 aliphatic heterocycles. The zero-order valence-electron chi connectivity index (χ0n) is 12.3. The average molecular weight is 271 g/mol. The molecule has 4 nitrogen and oxygen atoms in total. The molecule has 0 aliphatic rings. The van der Waals surface area contributed by atoms with Gasteiger partial charge in [0.2, 0.25) is 0 Å². The summed E-state index contributed by atoms with van der Waals surface area (Å²) in [5.41, 5.74) is 1.98. The fourth-order valence-corrected chi connectivity index (χ4v) is 2.10. The molecule has 0 fully saturated rings. The Hall–Kier alpha value is -1.97. The lowest BCUT2D eigenvalue weighted by Crippen LogP contribution is -2.14. The van der Waals surface area contributed by atoms with Crippen LogP contribution in [-0.2, 0) is 19.4 Å². The van der Waals surface area contributed by atoms with Crippen LogP contribution in [0, 0.1) is 5.92 Å². The van der Waals surface area contributed by atoms with E-state index in [-0.39, 0.29) is 5.78 Å². The van der Waals surface area contributed by atoms with Gasteiger partial charge >= 0.3 is 0 Å². The number of hydrogen-bond acceptors (Lipinski definition) is 3. The Bertz CT molecular complexity index is 570. The van der Waals surface area contributed by atoms with Gasteiger partial charge in [-0.15, -0.1) is 0 Å². The minimum absolute atomic E-state index is 0.0886. The molecule has 20 heavy (non-hydrogen) atoms. The third kappa shape index (κ3) is 3.53. The van der Waals surface area contributed by atoms with Crippen LogP contribution in [0.5, 0.6) is 0 Å². The molecule has 0 unspecified atom stereocenters. The number of Topliss-reactive ketones (excluding diaryl/α,β-unsaturated/α-hetero) is 1. The van der Waals surface area contributed by atoms with E-state index in [0.717, 1.165) is 24.4 Å². The second kappa shape index (κ2) is 6.46. The van der Waals surface area contributed by atoms with E-state index in [1.54, 1.807) is 0 Å². The summed E-state index contributed by atoms with van der Waals surface area (Å²) in [5, 5.41) is 4.18. The molecule has 0 amide bonds. The van der Waals surface area contributed by atoms with Gasteiger partial charge in [0.25, 0.3) is 0 Å². The van der Waals surface area contributed by atoms with E-state index < -0.39 is 0 Å². The molecule has 0 saturated carbocycles. The Morgan fingerprint density at radius 3 is 2.55 bits per heavy atom. The van der Waals surface area contributed by atoms with Crippen molar-refractivity contribution >= 4 is 5.78 Å². The predicted octanol–water partition coefficient (Wildman–Crippen LogP) is 2.92. The molecular weight excluding hydrogens is 250 g/mol. The molecule has 0 saturated heterocycles. The van der Waals surface area contributed by atoms with E-state index in [1.807, 2.05) is 28.9 Å². The van der Waals surface area contributed by atoms with Crippen molar-refractivity contribution in [1.29, 1.82) is 0 Å². The van der Waals surface area contributed by atoms with E-state index in [0.29, 0.717) is 12.3 Å². The van der Waals surface area contributed by atoms with Crippen LogP contribution in [0.15, 0.2) is 30.6 Å².